The number of sulfone groups is 1. The molecule has 5 rings (SSSR count). The van der Waals surface area contributed by atoms with Gasteiger partial charge in [-0.2, -0.15) is 8.42 Å². The van der Waals surface area contributed by atoms with Gasteiger partial charge in [0.05, 0.1) is 15.4 Å². The Morgan fingerprint density at radius 1 is 0.957 bits per heavy atom. The highest BCUT2D eigenvalue weighted by Gasteiger charge is 2.38. The highest BCUT2D eigenvalue weighted by Crippen LogP contribution is 2.34. The molecular formula is C31H31Cl2N5O7S2. The molecule has 1 amide bonds. The van der Waals surface area contributed by atoms with Crippen LogP contribution in [0.5, 0.6) is 11.5 Å². The molecule has 0 aliphatic rings. The number of nitrogens with zero attached hydrogens (tertiary/aromatic N) is 3. The monoisotopic (exact) mass is 719 g/mol. The number of nitrogens with one attached hydrogen (secondary N) is 2. The first kappa shape index (κ1) is 35.6. The lowest BCUT2D eigenvalue weighted by Crippen LogP contribution is -2.48. The minimum absolute atomic E-state index is 0.0741. The predicted octanol–water partition coefficient (Wildman–Crippen LogP) is 6.15. The van der Waals surface area contributed by atoms with Gasteiger partial charge in [-0.05, 0) is 68.4 Å². The maximum Gasteiger partial charge on any atom is 0.294 e. The summed E-state index contributed by atoms with van der Waals surface area (Å²) in [6.07, 6.45) is 4.32. The van der Waals surface area contributed by atoms with Crippen LogP contribution in [-0.2, 0) is 31.3 Å². The van der Waals surface area contributed by atoms with Crippen molar-refractivity contribution < 1.29 is 30.9 Å². The lowest BCUT2D eigenvalue weighted by Gasteiger charge is -2.21. The molecule has 47 heavy (non-hydrogen) atoms. The van der Waals surface area contributed by atoms with E-state index in [1.54, 1.807) is 60.7 Å². The van der Waals surface area contributed by atoms with E-state index in [-0.39, 0.29) is 11.4 Å². The standard InChI is InChI=1S/C25H25Cl2N5O4S.C6H6O3S/c1-25(2,37(3,34)35)24(33)28-10-12-32-11-9-20-22(32)23(30-15-29-20)31-17-7-8-21(19(27)14-17)36-18-6-4-5-16(26)13-18;7-10(8,9)6-4-2-1-3-5-6/h4-9,11,13-15H,10,12H2,1-3H3,(H,28,33)(H,29,30,31);1-5H,(H,7,8,9). The zero-order chi connectivity index (χ0) is 34.4. The van der Waals surface area contributed by atoms with Crippen LogP contribution in [0.4, 0.5) is 11.5 Å². The second kappa shape index (κ2) is 14.7. The zero-order valence-electron chi connectivity index (χ0n) is 25.4. The number of benzene rings is 3. The number of hydrogen-bond donors (Lipinski definition) is 3. The van der Waals surface area contributed by atoms with Gasteiger partial charge in [0.2, 0.25) is 5.91 Å². The lowest BCUT2D eigenvalue weighted by molar-refractivity contribution is -0.122. The van der Waals surface area contributed by atoms with Gasteiger partial charge in [0.15, 0.2) is 15.7 Å². The van der Waals surface area contributed by atoms with Gasteiger partial charge in [0, 0.05) is 36.3 Å². The molecule has 0 saturated carbocycles. The Hall–Kier alpha value is -4.21. The Morgan fingerprint density at radius 3 is 2.30 bits per heavy atom. The topological polar surface area (TPSA) is 170 Å². The summed E-state index contributed by atoms with van der Waals surface area (Å²) in [5.74, 6) is 1.02. The Labute approximate surface area is 282 Å². The fraction of sp³-hybridized carbons (Fsp3) is 0.194. The van der Waals surface area contributed by atoms with E-state index in [1.165, 1.54) is 32.3 Å². The molecule has 0 unspecified atom stereocenters. The summed E-state index contributed by atoms with van der Waals surface area (Å²) in [7, 11) is -7.57. The van der Waals surface area contributed by atoms with Crippen molar-refractivity contribution in [3.05, 3.63) is 101 Å². The van der Waals surface area contributed by atoms with E-state index in [4.69, 9.17) is 32.5 Å². The van der Waals surface area contributed by atoms with Gasteiger partial charge in [0.25, 0.3) is 10.1 Å². The summed E-state index contributed by atoms with van der Waals surface area (Å²) in [5, 5.41) is 6.90. The molecule has 12 nitrogen and oxygen atoms in total. The molecule has 0 fully saturated rings. The summed E-state index contributed by atoms with van der Waals surface area (Å²) in [4.78, 5) is 21.1. The Bertz CT molecular complexity index is 2110. The Kier molecular flexibility index (Phi) is 11.1. The minimum Gasteiger partial charge on any atom is -0.456 e. The van der Waals surface area contributed by atoms with Crippen molar-refractivity contribution in [2.24, 2.45) is 0 Å². The zero-order valence-corrected chi connectivity index (χ0v) is 28.5. The summed E-state index contributed by atoms with van der Waals surface area (Å²) in [6.45, 7) is 3.37. The van der Waals surface area contributed by atoms with Crippen LogP contribution in [-0.4, -0.2) is 59.4 Å². The normalized spacial score (nSPS) is 11.8. The smallest absolute Gasteiger partial charge is 0.294 e. The molecule has 0 spiro atoms. The highest BCUT2D eigenvalue weighted by atomic mass is 35.5. The number of carbonyl (C=O) groups is 1. The second-order valence-electron chi connectivity index (χ2n) is 10.6. The number of anilines is 2. The van der Waals surface area contributed by atoms with Crippen LogP contribution < -0.4 is 15.4 Å². The van der Waals surface area contributed by atoms with Gasteiger partial charge in [-0.15, -0.1) is 0 Å². The molecule has 3 aromatic carbocycles. The van der Waals surface area contributed by atoms with Crippen molar-refractivity contribution in [1.82, 2.24) is 19.9 Å². The molecule has 0 saturated heterocycles. The Morgan fingerprint density at radius 2 is 1.68 bits per heavy atom. The van der Waals surface area contributed by atoms with Crippen LogP contribution in [0.1, 0.15) is 13.8 Å². The molecule has 5 aromatic rings. The molecule has 16 heteroatoms. The van der Waals surface area contributed by atoms with Crippen LogP contribution in [0.2, 0.25) is 10.0 Å². The van der Waals surface area contributed by atoms with Crippen molar-refractivity contribution >= 4 is 71.6 Å². The van der Waals surface area contributed by atoms with E-state index in [9.17, 15) is 21.6 Å². The van der Waals surface area contributed by atoms with Crippen molar-refractivity contribution in [1.29, 1.82) is 0 Å². The number of hydrogen-bond acceptors (Lipinski definition) is 9. The molecule has 0 atom stereocenters. The molecule has 0 aliphatic carbocycles. The average Bonchev–Trinajstić information content (AvgIpc) is 3.42. The molecule has 2 heterocycles. The Balaban J connectivity index is 0.000000427. The average molecular weight is 721 g/mol. The SMILES string of the molecule is CC(C)(C(=O)NCCn1ccc2ncnc(Nc3ccc(Oc4cccc(Cl)c4)c(Cl)c3)c21)S(C)(=O)=O.O=S(=O)(O)c1ccccc1. The number of fused-ring (bicyclic) bond motifs is 1. The molecule has 0 bridgehead atoms. The van der Waals surface area contributed by atoms with Gasteiger partial charge < -0.3 is 19.9 Å². The van der Waals surface area contributed by atoms with E-state index >= 15 is 0 Å². The molecule has 2 aromatic heterocycles. The number of amides is 1. The number of halogens is 2. The van der Waals surface area contributed by atoms with E-state index in [0.717, 1.165) is 11.8 Å². The second-order valence-corrected chi connectivity index (χ2v) is 15.5. The summed E-state index contributed by atoms with van der Waals surface area (Å²) >= 11 is 12.5. The van der Waals surface area contributed by atoms with E-state index in [0.29, 0.717) is 45.1 Å². The maximum absolute atomic E-state index is 12.4. The number of aromatic nitrogens is 3. The number of ether oxygens (including phenoxy) is 1. The first-order chi connectivity index (χ1) is 22.1. The fourth-order valence-electron chi connectivity index (χ4n) is 4.03. The number of rotatable bonds is 10. The number of carbonyl (C=O) groups excluding carboxylic acids is 1. The van der Waals surface area contributed by atoms with Crippen molar-refractivity contribution in [3.63, 3.8) is 0 Å². The summed E-state index contributed by atoms with van der Waals surface area (Å²) in [5.41, 5.74) is 2.10. The third kappa shape index (κ3) is 9.20. The van der Waals surface area contributed by atoms with Crippen LogP contribution >= 0.6 is 23.2 Å². The van der Waals surface area contributed by atoms with Gasteiger partial charge in [-0.3, -0.25) is 9.35 Å². The summed E-state index contributed by atoms with van der Waals surface area (Å²) < 4.78 is 59.3. The van der Waals surface area contributed by atoms with Crippen molar-refractivity contribution in [3.8, 4) is 11.5 Å². The molecule has 0 radical (unpaired) electrons. The quantitative estimate of drug-likeness (QED) is 0.142. The van der Waals surface area contributed by atoms with E-state index in [1.807, 2.05) is 16.8 Å². The van der Waals surface area contributed by atoms with Gasteiger partial charge in [0.1, 0.15) is 28.1 Å². The predicted molar refractivity (Wildman–Crippen MR) is 182 cm³/mol. The van der Waals surface area contributed by atoms with Gasteiger partial charge >= 0.3 is 0 Å². The van der Waals surface area contributed by atoms with Gasteiger partial charge in [-0.1, -0.05) is 47.5 Å². The van der Waals surface area contributed by atoms with E-state index in [2.05, 4.69) is 20.6 Å². The molecule has 0 aliphatic heterocycles. The van der Waals surface area contributed by atoms with Crippen LogP contribution in [0.15, 0.2) is 96.3 Å². The molecule has 3 N–H and O–H groups in total. The van der Waals surface area contributed by atoms with Crippen LogP contribution in [0.3, 0.4) is 0 Å². The first-order valence-corrected chi connectivity index (χ1v) is 18.0. The third-order valence-corrected chi connectivity index (χ3v) is 10.4. The van der Waals surface area contributed by atoms with Crippen molar-refractivity contribution in [2.45, 2.75) is 30.0 Å². The highest BCUT2D eigenvalue weighted by molar-refractivity contribution is 7.92. The fourth-order valence-corrected chi connectivity index (χ4v) is 5.34. The van der Waals surface area contributed by atoms with Crippen LogP contribution in [0, 0.1) is 0 Å². The van der Waals surface area contributed by atoms with Crippen molar-refractivity contribution in [2.75, 3.05) is 18.1 Å². The third-order valence-electron chi connectivity index (χ3n) is 6.92. The van der Waals surface area contributed by atoms with Crippen LogP contribution in [0.25, 0.3) is 11.0 Å². The largest absolute Gasteiger partial charge is 0.456 e. The first-order valence-electron chi connectivity index (χ1n) is 13.9. The minimum atomic E-state index is -4.00. The maximum atomic E-state index is 12.4. The van der Waals surface area contributed by atoms with Gasteiger partial charge in [-0.25, -0.2) is 18.4 Å². The molecule has 248 valence electrons. The van der Waals surface area contributed by atoms with E-state index < -0.39 is 30.6 Å². The summed E-state index contributed by atoms with van der Waals surface area (Å²) in [6, 6.07) is 21.5. The molecular weight excluding hydrogens is 689 g/mol. The lowest BCUT2D eigenvalue weighted by atomic mass is 10.2.